The van der Waals surface area contributed by atoms with E-state index in [9.17, 15) is 14.4 Å². The van der Waals surface area contributed by atoms with E-state index < -0.39 is 17.1 Å². The van der Waals surface area contributed by atoms with Gasteiger partial charge in [-0.2, -0.15) is 4.52 Å². The van der Waals surface area contributed by atoms with E-state index in [2.05, 4.69) is 20.7 Å². The molecule has 8 nitrogen and oxygen atoms in total. The topological polar surface area (TPSA) is 111 Å². The largest absolute Gasteiger partial charge is 0.338 e. The normalized spacial score (nSPS) is 10.8. The third-order valence-corrected chi connectivity index (χ3v) is 4.28. The highest BCUT2D eigenvalue weighted by molar-refractivity contribution is 6.30. The van der Waals surface area contributed by atoms with Crippen molar-refractivity contribution in [2.24, 2.45) is 0 Å². The molecule has 0 atom stereocenters. The maximum absolute atomic E-state index is 12.4. The third kappa shape index (κ3) is 3.40. The molecule has 4 N–H and O–H groups in total. The Hall–Kier alpha value is -3.78. The lowest BCUT2D eigenvalue weighted by Gasteiger charge is -2.07. The van der Waals surface area contributed by atoms with Gasteiger partial charge in [-0.05, 0) is 29.8 Å². The van der Waals surface area contributed by atoms with Crippen molar-refractivity contribution in [1.29, 1.82) is 0 Å². The molecule has 2 aromatic carbocycles. The SMILES string of the molecule is O=C(Nc1ccccc1)Nc1c(=O)[nH]n2c(=O)cc(-c3cccc(Cl)c3)[nH]c12. The fourth-order valence-corrected chi connectivity index (χ4v) is 2.98. The quantitative estimate of drug-likeness (QED) is 0.427. The fourth-order valence-electron chi connectivity index (χ4n) is 2.79. The molecule has 0 spiro atoms. The lowest BCUT2D eigenvalue weighted by atomic mass is 10.1. The van der Waals surface area contributed by atoms with Gasteiger partial charge in [-0.3, -0.25) is 20.0 Å². The molecule has 140 valence electrons. The molecule has 2 aromatic heterocycles. The number of nitrogens with zero attached hydrogens (tertiary/aromatic N) is 1. The Morgan fingerprint density at radius 1 is 0.964 bits per heavy atom. The van der Waals surface area contributed by atoms with Crippen LogP contribution in [0.1, 0.15) is 0 Å². The summed E-state index contributed by atoms with van der Waals surface area (Å²) in [7, 11) is 0. The Morgan fingerprint density at radius 2 is 1.75 bits per heavy atom. The number of rotatable bonds is 3. The van der Waals surface area contributed by atoms with Crippen molar-refractivity contribution >= 4 is 34.7 Å². The van der Waals surface area contributed by atoms with Gasteiger partial charge in [-0.25, -0.2) is 4.79 Å². The number of anilines is 2. The number of amides is 2. The first kappa shape index (κ1) is 17.6. The summed E-state index contributed by atoms with van der Waals surface area (Å²) in [6, 6.07) is 16.4. The lowest BCUT2D eigenvalue weighted by molar-refractivity contribution is 0.262. The number of aromatic amines is 2. The summed E-state index contributed by atoms with van der Waals surface area (Å²) >= 11 is 6.02. The Balaban J connectivity index is 1.74. The van der Waals surface area contributed by atoms with Crippen LogP contribution in [-0.4, -0.2) is 20.6 Å². The molecular formula is C19H14ClN5O3. The molecule has 2 heterocycles. The van der Waals surface area contributed by atoms with Gasteiger partial charge in [0.15, 0.2) is 11.3 Å². The Kier molecular flexibility index (Phi) is 4.46. The minimum Gasteiger partial charge on any atom is -0.338 e. The molecule has 0 unspecified atom stereocenters. The summed E-state index contributed by atoms with van der Waals surface area (Å²) in [5.74, 6) is 0. The monoisotopic (exact) mass is 395 g/mol. The van der Waals surface area contributed by atoms with Crippen LogP contribution in [0.3, 0.4) is 0 Å². The van der Waals surface area contributed by atoms with Gasteiger partial charge >= 0.3 is 6.03 Å². The average molecular weight is 396 g/mol. The molecule has 0 fully saturated rings. The predicted molar refractivity (Wildman–Crippen MR) is 108 cm³/mol. The number of hydrogen-bond donors (Lipinski definition) is 4. The number of para-hydroxylation sites is 1. The van der Waals surface area contributed by atoms with E-state index in [0.29, 0.717) is 22.0 Å². The van der Waals surface area contributed by atoms with Crippen LogP contribution in [0.5, 0.6) is 0 Å². The number of benzene rings is 2. The zero-order valence-corrected chi connectivity index (χ0v) is 15.1. The van der Waals surface area contributed by atoms with Crippen molar-refractivity contribution in [2.75, 3.05) is 10.6 Å². The second-order valence-corrected chi connectivity index (χ2v) is 6.41. The second-order valence-electron chi connectivity index (χ2n) is 5.98. The molecule has 0 radical (unpaired) electrons. The van der Waals surface area contributed by atoms with Crippen molar-refractivity contribution in [3.8, 4) is 11.3 Å². The number of hydrogen-bond acceptors (Lipinski definition) is 3. The number of fused-ring (bicyclic) bond motifs is 1. The number of aromatic nitrogens is 3. The molecule has 2 amide bonds. The predicted octanol–water partition coefficient (Wildman–Crippen LogP) is 3.28. The molecule has 9 heteroatoms. The maximum atomic E-state index is 12.4. The number of carbonyl (C=O) groups is 1. The number of halogens is 1. The van der Waals surface area contributed by atoms with Crippen LogP contribution in [0.4, 0.5) is 16.2 Å². The van der Waals surface area contributed by atoms with Gasteiger partial charge in [0.25, 0.3) is 11.1 Å². The highest BCUT2D eigenvalue weighted by Gasteiger charge is 2.16. The summed E-state index contributed by atoms with van der Waals surface area (Å²) in [5.41, 5.74) is 0.675. The Bertz CT molecular complexity index is 1290. The van der Waals surface area contributed by atoms with Gasteiger partial charge in [0, 0.05) is 16.8 Å². The summed E-state index contributed by atoms with van der Waals surface area (Å²) in [5, 5.41) is 8.02. The zero-order chi connectivity index (χ0) is 19.7. The Morgan fingerprint density at radius 3 is 2.50 bits per heavy atom. The van der Waals surface area contributed by atoms with Crippen LogP contribution in [0.2, 0.25) is 5.02 Å². The van der Waals surface area contributed by atoms with Crippen LogP contribution >= 0.6 is 11.6 Å². The van der Waals surface area contributed by atoms with Crippen molar-refractivity contribution < 1.29 is 4.79 Å². The first-order chi connectivity index (χ1) is 13.5. The standard InChI is InChI=1S/C19H14ClN5O3/c20-12-6-4-5-11(9-12)14-10-15(26)25-17(22-14)16(18(27)24-25)23-19(28)21-13-7-2-1-3-8-13/h1-10,22H,(H,24,27)(H2,21,23,28). The van der Waals surface area contributed by atoms with E-state index in [4.69, 9.17) is 11.6 Å². The molecule has 0 aliphatic carbocycles. The first-order valence-corrected chi connectivity index (χ1v) is 8.66. The molecule has 28 heavy (non-hydrogen) atoms. The van der Waals surface area contributed by atoms with Gasteiger partial charge in [0.1, 0.15) is 0 Å². The van der Waals surface area contributed by atoms with Crippen LogP contribution in [0.25, 0.3) is 16.9 Å². The second kappa shape index (κ2) is 7.09. The van der Waals surface area contributed by atoms with E-state index >= 15 is 0 Å². The van der Waals surface area contributed by atoms with Crippen LogP contribution in [-0.2, 0) is 0 Å². The van der Waals surface area contributed by atoms with Gasteiger partial charge < -0.3 is 10.3 Å². The van der Waals surface area contributed by atoms with E-state index in [1.165, 1.54) is 6.07 Å². The van der Waals surface area contributed by atoms with Gasteiger partial charge in [-0.15, -0.1) is 0 Å². The van der Waals surface area contributed by atoms with Crippen molar-refractivity contribution in [3.05, 3.63) is 86.4 Å². The van der Waals surface area contributed by atoms with Crippen LogP contribution < -0.4 is 21.8 Å². The summed E-state index contributed by atoms with van der Waals surface area (Å²) < 4.78 is 1.04. The fraction of sp³-hybridized carbons (Fsp3) is 0. The number of H-pyrrole nitrogens is 2. The van der Waals surface area contributed by atoms with Gasteiger partial charge in [0.05, 0.1) is 5.69 Å². The number of carbonyl (C=O) groups excluding carboxylic acids is 1. The average Bonchev–Trinajstić information content (AvgIpc) is 2.99. The van der Waals surface area contributed by atoms with E-state index in [1.807, 2.05) is 6.07 Å². The van der Waals surface area contributed by atoms with Crippen LogP contribution in [0.15, 0.2) is 70.3 Å². The molecule has 0 aliphatic heterocycles. The minimum absolute atomic E-state index is 0.0746. The summed E-state index contributed by atoms with van der Waals surface area (Å²) in [6.07, 6.45) is 0. The molecule has 0 bridgehead atoms. The zero-order valence-electron chi connectivity index (χ0n) is 14.3. The molecule has 4 aromatic rings. The van der Waals surface area contributed by atoms with Crippen LogP contribution in [0, 0.1) is 0 Å². The lowest BCUT2D eigenvalue weighted by Crippen LogP contribution is -2.22. The van der Waals surface area contributed by atoms with Crippen molar-refractivity contribution in [2.45, 2.75) is 0 Å². The smallest absolute Gasteiger partial charge is 0.323 e. The number of urea groups is 1. The number of nitrogens with one attached hydrogen (secondary N) is 4. The molecular weight excluding hydrogens is 382 g/mol. The molecule has 0 saturated heterocycles. The Labute approximate surface area is 162 Å². The molecule has 0 aliphatic rings. The first-order valence-electron chi connectivity index (χ1n) is 8.28. The van der Waals surface area contributed by atoms with E-state index in [-0.39, 0.29) is 11.3 Å². The highest BCUT2D eigenvalue weighted by Crippen LogP contribution is 2.21. The van der Waals surface area contributed by atoms with E-state index in [0.717, 1.165) is 4.52 Å². The molecule has 0 saturated carbocycles. The maximum Gasteiger partial charge on any atom is 0.323 e. The third-order valence-electron chi connectivity index (χ3n) is 4.05. The van der Waals surface area contributed by atoms with Gasteiger partial charge in [0.2, 0.25) is 0 Å². The van der Waals surface area contributed by atoms with Crippen molar-refractivity contribution in [3.63, 3.8) is 0 Å². The summed E-state index contributed by atoms with van der Waals surface area (Å²) in [4.78, 5) is 40.0. The highest BCUT2D eigenvalue weighted by atomic mass is 35.5. The van der Waals surface area contributed by atoms with Gasteiger partial charge in [-0.1, -0.05) is 41.9 Å². The van der Waals surface area contributed by atoms with E-state index in [1.54, 1.807) is 48.5 Å². The summed E-state index contributed by atoms with van der Waals surface area (Å²) in [6.45, 7) is 0. The minimum atomic E-state index is -0.612. The molecule has 4 rings (SSSR count). The van der Waals surface area contributed by atoms with Crippen molar-refractivity contribution in [1.82, 2.24) is 14.6 Å².